The van der Waals surface area contributed by atoms with E-state index in [-0.39, 0.29) is 17.0 Å². The van der Waals surface area contributed by atoms with E-state index < -0.39 is 0 Å². The number of thiazole rings is 1. The second-order valence-corrected chi connectivity index (χ2v) is 5.39. The lowest BCUT2D eigenvalue weighted by molar-refractivity contribution is -0.00000395. The van der Waals surface area contributed by atoms with Crippen LogP contribution in [0.2, 0.25) is 0 Å². The first-order valence-corrected chi connectivity index (χ1v) is 6.97. The second kappa shape index (κ2) is 6.34. The summed E-state index contributed by atoms with van der Waals surface area (Å²) in [6.45, 7) is 0. The molecule has 0 radical (unpaired) electrons. The van der Waals surface area contributed by atoms with Gasteiger partial charge in [0.2, 0.25) is 0 Å². The molecule has 104 valence electrons. The van der Waals surface area contributed by atoms with Gasteiger partial charge in [0, 0.05) is 35.4 Å². The Bertz CT molecular complexity index is 611. The Labute approximate surface area is 132 Å². The Hall–Kier alpha value is -1.44. The lowest BCUT2D eigenvalue weighted by Gasteiger charge is -2.21. The summed E-state index contributed by atoms with van der Waals surface area (Å²) in [4.78, 5) is 4.29. The summed E-state index contributed by atoms with van der Waals surface area (Å²) in [6, 6.07) is 10.1. The number of rotatable bonds is 4. The third kappa shape index (κ3) is 2.84. The number of aromatic nitrogens is 1. The normalized spacial score (nSPS) is 20.6. The Morgan fingerprint density at radius 3 is 2.65 bits per heavy atom. The summed E-state index contributed by atoms with van der Waals surface area (Å²) < 4.78 is 0.312. The molecule has 0 aliphatic carbocycles. The van der Waals surface area contributed by atoms with Gasteiger partial charge in [0.1, 0.15) is 7.05 Å². The van der Waals surface area contributed by atoms with Gasteiger partial charge in [0.05, 0.1) is 16.7 Å². The van der Waals surface area contributed by atoms with Crippen LogP contribution in [0.25, 0.3) is 0 Å². The number of hydrogen-bond donors (Lipinski definition) is 0. The number of benzene rings is 1. The minimum atomic E-state index is 0. The van der Waals surface area contributed by atoms with Gasteiger partial charge in [-0.15, -0.1) is 15.9 Å². The number of amidine groups is 1. The highest BCUT2D eigenvalue weighted by atomic mass is 79.9. The van der Waals surface area contributed by atoms with Gasteiger partial charge in [-0.2, -0.15) is 0 Å². The van der Waals surface area contributed by atoms with E-state index in [1.807, 2.05) is 49.0 Å². The van der Waals surface area contributed by atoms with Gasteiger partial charge < -0.3 is 17.0 Å². The van der Waals surface area contributed by atoms with Crippen molar-refractivity contribution in [1.82, 2.24) is 9.58 Å². The van der Waals surface area contributed by atoms with E-state index in [9.17, 15) is 0 Å². The molecule has 5 nitrogen and oxygen atoms in total. The van der Waals surface area contributed by atoms with E-state index in [1.54, 1.807) is 11.3 Å². The van der Waals surface area contributed by atoms with E-state index in [0.717, 1.165) is 29.4 Å². The smallest absolute Gasteiger partial charge is 0.257 e. The third-order valence-corrected chi connectivity index (χ3v) is 4.03. The number of para-hydroxylation sites is 1. The van der Waals surface area contributed by atoms with Crippen LogP contribution in [-0.2, 0) is 6.42 Å². The van der Waals surface area contributed by atoms with Crippen molar-refractivity contribution in [2.24, 2.45) is 15.5 Å². The standard InChI is InChI=1S/C13H14N5S.BrH/c1-18(11-5-3-2-4-6-11)12(15-16-17-18)7-8-13-14-9-10-19-13;/h2-6,9-10H,7-8H2,1H3;1H/q+1;/p-1. The van der Waals surface area contributed by atoms with Crippen LogP contribution in [0.3, 0.4) is 0 Å². The zero-order chi connectivity index (χ0) is 13.1. The summed E-state index contributed by atoms with van der Waals surface area (Å²) >= 11 is 1.67. The Morgan fingerprint density at radius 1 is 1.15 bits per heavy atom. The zero-order valence-corrected chi connectivity index (χ0v) is 13.4. The fraction of sp³-hybridized carbons (Fsp3) is 0.231. The quantitative estimate of drug-likeness (QED) is 0.736. The molecule has 1 aromatic heterocycles. The van der Waals surface area contributed by atoms with Crippen LogP contribution in [0.15, 0.2) is 57.5 Å². The van der Waals surface area contributed by atoms with E-state index in [0.29, 0.717) is 4.59 Å². The van der Waals surface area contributed by atoms with Gasteiger partial charge in [-0.25, -0.2) is 4.98 Å². The molecule has 20 heavy (non-hydrogen) atoms. The molecule has 7 heteroatoms. The van der Waals surface area contributed by atoms with E-state index in [4.69, 9.17) is 0 Å². The highest BCUT2D eigenvalue weighted by Crippen LogP contribution is 2.27. The predicted molar refractivity (Wildman–Crippen MR) is 76.9 cm³/mol. The summed E-state index contributed by atoms with van der Waals surface area (Å²) in [5.41, 5.74) is 1.07. The fourth-order valence-corrected chi connectivity index (χ4v) is 2.69. The average Bonchev–Trinajstić information content (AvgIpc) is 3.08. The second-order valence-electron chi connectivity index (χ2n) is 4.42. The number of halogens is 1. The Balaban J connectivity index is 0.00000147. The van der Waals surface area contributed by atoms with Crippen molar-refractivity contribution in [2.45, 2.75) is 12.8 Å². The lowest BCUT2D eigenvalue weighted by atomic mass is 10.2. The highest BCUT2D eigenvalue weighted by molar-refractivity contribution is 7.09. The van der Waals surface area contributed by atoms with Gasteiger partial charge in [-0.1, -0.05) is 23.3 Å². The molecule has 0 bridgehead atoms. The van der Waals surface area contributed by atoms with E-state index in [1.165, 1.54) is 0 Å². The van der Waals surface area contributed by atoms with Crippen molar-refractivity contribution in [1.29, 1.82) is 0 Å². The first-order valence-electron chi connectivity index (χ1n) is 6.09. The lowest BCUT2D eigenvalue weighted by Crippen LogP contribution is -3.00. The molecule has 1 unspecified atom stereocenters. The molecular formula is C13H14BrN5S. The molecule has 0 spiro atoms. The molecule has 0 amide bonds. The summed E-state index contributed by atoms with van der Waals surface area (Å²) in [7, 11) is 2.01. The molecule has 1 atom stereocenters. The van der Waals surface area contributed by atoms with Crippen molar-refractivity contribution in [3.05, 3.63) is 46.9 Å². The number of aryl methyl sites for hydroxylation is 1. The monoisotopic (exact) mass is 351 g/mol. The van der Waals surface area contributed by atoms with E-state index in [2.05, 4.69) is 20.5 Å². The molecular weight excluding hydrogens is 338 g/mol. The number of quaternary nitrogens is 1. The van der Waals surface area contributed by atoms with Crippen molar-refractivity contribution < 1.29 is 17.0 Å². The SMILES string of the molecule is C[N+]1(c2ccccc2)N=NN=C1CCc1nccs1.[Br-]. The maximum atomic E-state index is 4.29. The van der Waals surface area contributed by atoms with Gasteiger partial charge in [0.15, 0.2) is 5.69 Å². The van der Waals surface area contributed by atoms with Crippen LogP contribution in [0.5, 0.6) is 0 Å². The average molecular weight is 352 g/mol. The molecule has 1 aliphatic heterocycles. The molecule has 0 N–H and O–H groups in total. The number of nitrogens with zero attached hydrogens (tertiary/aromatic N) is 5. The maximum Gasteiger partial charge on any atom is 0.257 e. The first kappa shape index (κ1) is 15.0. The van der Waals surface area contributed by atoms with Crippen LogP contribution in [0.4, 0.5) is 5.69 Å². The Morgan fingerprint density at radius 2 is 1.95 bits per heavy atom. The van der Waals surface area contributed by atoms with Crippen LogP contribution in [0, 0.1) is 0 Å². The van der Waals surface area contributed by atoms with Crippen molar-refractivity contribution >= 4 is 22.9 Å². The molecule has 2 aromatic rings. The van der Waals surface area contributed by atoms with E-state index >= 15 is 0 Å². The molecule has 0 fully saturated rings. The highest BCUT2D eigenvalue weighted by Gasteiger charge is 2.37. The molecule has 1 aliphatic rings. The van der Waals surface area contributed by atoms with Crippen LogP contribution in [-0.4, -0.2) is 17.9 Å². The molecule has 0 saturated heterocycles. The maximum absolute atomic E-state index is 4.29. The van der Waals surface area contributed by atoms with Gasteiger partial charge in [-0.05, 0) is 0 Å². The van der Waals surface area contributed by atoms with Gasteiger partial charge >= 0.3 is 0 Å². The van der Waals surface area contributed by atoms with Crippen molar-refractivity contribution in [2.75, 3.05) is 7.05 Å². The largest absolute Gasteiger partial charge is 1.00 e. The van der Waals surface area contributed by atoms with Gasteiger partial charge in [-0.3, -0.25) is 0 Å². The molecule has 0 saturated carbocycles. The topological polar surface area (TPSA) is 50.0 Å². The summed E-state index contributed by atoms with van der Waals surface area (Å²) in [5, 5.41) is 15.4. The fourth-order valence-electron chi connectivity index (χ4n) is 2.07. The third-order valence-electron chi connectivity index (χ3n) is 3.19. The zero-order valence-electron chi connectivity index (χ0n) is 11.0. The first-order chi connectivity index (χ1) is 9.29. The predicted octanol–water partition coefficient (Wildman–Crippen LogP) is 0.411. The van der Waals surface area contributed by atoms with Crippen LogP contribution < -0.4 is 21.6 Å². The molecule has 1 aromatic carbocycles. The minimum Gasteiger partial charge on any atom is -1.00 e. The summed E-state index contributed by atoms with van der Waals surface area (Å²) in [5.74, 6) is 0.946. The number of hydrogen-bond acceptors (Lipinski definition) is 5. The minimum absolute atomic E-state index is 0. The van der Waals surface area contributed by atoms with Crippen molar-refractivity contribution in [3.8, 4) is 0 Å². The molecule has 2 heterocycles. The molecule has 3 rings (SSSR count). The van der Waals surface area contributed by atoms with Crippen molar-refractivity contribution in [3.63, 3.8) is 0 Å². The Kier molecular flexibility index (Phi) is 4.74. The van der Waals surface area contributed by atoms with Crippen LogP contribution >= 0.6 is 11.3 Å². The van der Waals surface area contributed by atoms with Crippen LogP contribution in [0.1, 0.15) is 11.4 Å². The van der Waals surface area contributed by atoms with Gasteiger partial charge in [0.25, 0.3) is 5.84 Å². The summed E-state index contributed by atoms with van der Waals surface area (Å²) in [6.07, 6.45) is 3.52.